The molecule has 3 N–H and O–H groups in total. The molecule has 0 spiro atoms. The molecule has 14 heteroatoms. The lowest BCUT2D eigenvalue weighted by Gasteiger charge is -2.24. The number of para-hydroxylation sites is 1. The molecule has 3 rings (SSSR count). The number of ether oxygens (including phenoxy) is 2. The van der Waals surface area contributed by atoms with Gasteiger partial charge in [0, 0.05) is 11.8 Å². The summed E-state index contributed by atoms with van der Waals surface area (Å²) in [6, 6.07) is 5.26. The molecule has 37 heavy (non-hydrogen) atoms. The van der Waals surface area contributed by atoms with Crippen molar-refractivity contribution in [3.63, 3.8) is 0 Å². The molecule has 1 aliphatic rings. The Labute approximate surface area is 227 Å². The van der Waals surface area contributed by atoms with E-state index in [0.29, 0.717) is 10.2 Å². The maximum absolute atomic E-state index is 13.9. The number of H-pyrrole nitrogens is 1. The van der Waals surface area contributed by atoms with E-state index in [1.54, 1.807) is 39.0 Å². The number of nitrogens with one attached hydrogen (secondary N) is 2. The zero-order valence-electron chi connectivity index (χ0n) is 22.5. The number of aromatic amines is 1. The fourth-order valence-corrected chi connectivity index (χ4v) is 5.18. The van der Waals surface area contributed by atoms with E-state index in [1.165, 1.54) is 29.8 Å². The van der Waals surface area contributed by atoms with E-state index < -0.39 is 56.9 Å². The van der Waals surface area contributed by atoms with Gasteiger partial charge in [-0.2, -0.15) is 5.09 Å². The van der Waals surface area contributed by atoms with E-state index in [9.17, 15) is 14.5 Å². The Morgan fingerprint density at radius 1 is 1.38 bits per heavy atom. The van der Waals surface area contributed by atoms with Gasteiger partial charge in [0.1, 0.15) is 22.5 Å². The average molecular weight is 571 g/mol. The van der Waals surface area contributed by atoms with Crippen LogP contribution in [-0.4, -0.2) is 57.6 Å². The molecule has 6 atom stereocenters. The first kappa shape index (κ1) is 26.2. The second kappa shape index (κ2) is 12.4. The van der Waals surface area contributed by atoms with Gasteiger partial charge in [0.15, 0.2) is 10.9 Å². The van der Waals surface area contributed by atoms with Gasteiger partial charge in [0.05, 0.1) is 15.4 Å². The zero-order chi connectivity index (χ0) is 29.1. The molecule has 1 aromatic heterocycles. The number of carbonyl (C=O) groups excluding carboxylic acids is 1. The van der Waals surface area contributed by atoms with Gasteiger partial charge in [-0.1, -0.05) is 30.4 Å². The topological polar surface area (TPSA) is 128 Å². The van der Waals surface area contributed by atoms with Crippen molar-refractivity contribution < 1.29 is 35.7 Å². The maximum atomic E-state index is 13.9. The van der Waals surface area contributed by atoms with Crippen molar-refractivity contribution in [3.05, 3.63) is 62.9 Å². The number of aliphatic hydroxyl groups is 1. The standard InChI is InChI=1S/C23H29N4O7PS2/c1-13(2)32-22(29)15(4)26-35(30,34-16-9-7-6-8-10-16)31-12-17-19(28)18(24-5)21(33-17)27-11-14(3)20(36)25-23(27)37/h6-11,13,15,17-19,21,28H,12H2,1-4H3,(H,26,30)(H,25,36,37)/t15-,17-,18+,19?,21-,35?/m0/s1/i12D2. The van der Waals surface area contributed by atoms with Gasteiger partial charge >= 0.3 is 13.7 Å². The number of aromatic nitrogens is 2. The third kappa shape index (κ3) is 7.33. The molecule has 1 saturated heterocycles. The van der Waals surface area contributed by atoms with Crippen LogP contribution in [0.2, 0.25) is 0 Å². The van der Waals surface area contributed by atoms with Gasteiger partial charge < -0.3 is 28.9 Å². The van der Waals surface area contributed by atoms with Crippen LogP contribution in [0, 0.1) is 22.9 Å². The Bertz CT molecular complexity index is 1400. The molecule has 0 bridgehead atoms. The number of hydrogen-bond acceptors (Lipinski definition) is 9. The highest BCUT2D eigenvalue weighted by atomic mass is 32.1. The number of rotatable bonds is 10. The third-order valence-electron chi connectivity index (χ3n) is 5.12. The summed E-state index contributed by atoms with van der Waals surface area (Å²) in [6.07, 6.45) is -3.68. The van der Waals surface area contributed by atoms with Gasteiger partial charge in [0.25, 0.3) is 6.04 Å². The van der Waals surface area contributed by atoms with Crippen molar-refractivity contribution in [2.75, 3.05) is 6.56 Å². The number of esters is 1. The van der Waals surface area contributed by atoms with Gasteiger partial charge in [-0.25, -0.2) is 11.1 Å². The van der Waals surface area contributed by atoms with Crippen LogP contribution in [0.3, 0.4) is 0 Å². The Hall–Kier alpha value is -2.43. The quantitative estimate of drug-likeness (QED) is 0.165. The SMILES string of the molecule is [2H]C([2H])(OP(=O)(N[C@@H](C)C(=O)OC(C)C)Oc1ccccc1)[C@@H]1O[C@H](n2cc(C)c(=S)[nH]c2=S)[C@H]([N+]#[C-])C1O. The van der Waals surface area contributed by atoms with E-state index in [-0.39, 0.29) is 10.5 Å². The Balaban J connectivity index is 1.94. The summed E-state index contributed by atoms with van der Waals surface area (Å²) in [5, 5.41) is 13.3. The minimum atomic E-state index is -4.68. The van der Waals surface area contributed by atoms with Crippen molar-refractivity contribution >= 4 is 38.2 Å². The summed E-state index contributed by atoms with van der Waals surface area (Å²) < 4.78 is 54.6. The van der Waals surface area contributed by atoms with Crippen molar-refractivity contribution in [2.24, 2.45) is 0 Å². The van der Waals surface area contributed by atoms with Crippen LogP contribution in [0.25, 0.3) is 4.85 Å². The molecule has 0 radical (unpaired) electrons. The number of carbonyl (C=O) groups is 1. The molecule has 0 amide bonds. The Morgan fingerprint density at radius 3 is 2.68 bits per heavy atom. The van der Waals surface area contributed by atoms with Gasteiger partial charge in [0.2, 0.25) is 6.23 Å². The third-order valence-corrected chi connectivity index (χ3v) is 7.36. The highest BCUT2D eigenvalue weighted by Crippen LogP contribution is 2.46. The minimum absolute atomic E-state index is 0.0553. The van der Waals surface area contributed by atoms with Crippen molar-refractivity contribution in [1.82, 2.24) is 14.6 Å². The maximum Gasteiger partial charge on any atom is 0.459 e. The van der Waals surface area contributed by atoms with Crippen LogP contribution in [0.1, 0.15) is 35.3 Å². The second-order valence-electron chi connectivity index (χ2n) is 8.48. The molecule has 2 heterocycles. The van der Waals surface area contributed by atoms with E-state index in [2.05, 4.69) is 14.9 Å². The van der Waals surface area contributed by atoms with Crippen LogP contribution in [0.4, 0.5) is 0 Å². The predicted octanol–water partition coefficient (Wildman–Crippen LogP) is 4.26. The molecule has 0 saturated carbocycles. The fourth-order valence-electron chi connectivity index (χ4n) is 3.34. The molecule has 1 fully saturated rings. The molecule has 11 nitrogen and oxygen atoms in total. The van der Waals surface area contributed by atoms with Gasteiger partial charge in [-0.3, -0.25) is 13.9 Å². The van der Waals surface area contributed by atoms with Crippen molar-refractivity contribution in [3.8, 4) is 5.75 Å². The highest BCUT2D eigenvalue weighted by molar-refractivity contribution is 7.72. The average Bonchev–Trinajstić information content (AvgIpc) is 3.17. The molecule has 2 aromatic rings. The highest BCUT2D eigenvalue weighted by Gasteiger charge is 2.51. The van der Waals surface area contributed by atoms with Crippen molar-refractivity contribution in [1.29, 1.82) is 0 Å². The molecule has 2 unspecified atom stereocenters. The van der Waals surface area contributed by atoms with Crippen LogP contribution < -0.4 is 9.61 Å². The molecule has 1 aromatic carbocycles. The molecular weight excluding hydrogens is 539 g/mol. The number of aliphatic hydroxyl groups excluding tert-OH is 1. The lowest BCUT2D eigenvalue weighted by molar-refractivity contribution is -0.149. The summed E-state index contributed by atoms with van der Waals surface area (Å²) >= 11 is 10.5. The number of nitrogens with zero attached hydrogens (tertiary/aromatic N) is 2. The van der Waals surface area contributed by atoms with Crippen LogP contribution in [0.15, 0.2) is 36.5 Å². The first-order valence-corrected chi connectivity index (χ1v) is 13.6. The minimum Gasteiger partial charge on any atom is -0.462 e. The molecule has 1 aliphatic heterocycles. The van der Waals surface area contributed by atoms with Crippen LogP contribution in [-0.2, 0) is 23.4 Å². The Kier molecular flexibility index (Phi) is 8.78. The number of hydrogen-bond donors (Lipinski definition) is 3. The predicted molar refractivity (Wildman–Crippen MR) is 140 cm³/mol. The Morgan fingerprint density at radius 2 is 2.05 bits per heavy atom. The largest absolute Gasteiger partial charge is 0.462 e. The second-order valence-corrected chi connectivity index (χ2v) is 10.9. The first-order chi connectivity index (χ1) is 18.2. The summed E-state index contributed by atoms with van der Waals surface area (Å²) in [6.45, 7) is 10.9. The van der Waals surface area contributed by atoms with E-state index >= 15 is 0 Å². The molecule has 0 aliphatic carbocycles. The number of benzene rings is 1. The lowest BCUT2D eigenvalue weighted by atomic mass is 10.1. The van der Waals surface area contributed by atoms with Crippen LogP contribution in [0.5, 0.6) is 5.75 Å². The van der Waals surface area contributed by atoms with Gasteiger partial charge in [-0.15, -0.1) is 0 Å². The molecule has 200 valence electrons. The summed E-state index contributed by atoms with van der Waals surface area (Å²) in [7, 11) is -4.68. The first-order valence-electron chi connectivity index (χ1n) is 12.2. The number of aryl methyl sites for hydroxylation is 1. The summed E-state index contributed by atoms with van der Waals surface area (Å²) in [5.74, 6) is -0.720. The van der Waals surface area contributed by atoms with E-state index in [1.807, 2.05) is 0 Å². The zero-order valence-corrected chi connectivity index (χ0v) is 23.0. The van der Waals surface area contributed by atoms with E-state index in [0.717, 1.165) is 0 Å². The molecular formula is C23H29N4O7PS2. The lowest BCUT2D eigenvalue weighted by Crippen LogP contribution is -2.37. The van der Waals surface area contributed by atoms with E-state index in [4.69, 9.17) is 52.3 Å². The van der Waals surface area contributed by atoms with Crippen LogP contribution >= 0.6 is 32.2 Å². The summed E-state index contributed by atoms with van der Waals surface area (Å²) in [4.78, 5) is 18.6. The smallest absolute Gasteiger partial charge is 0.459 e. The fraction of sp³-hybridized carbons (Fsp3) is 0.478. The normalized spacial score (nSPS) is 24.9. The van der Waals surface area contributed by atoms with Crippen molar-refractivity contribution in [2.45, 2.75) is 64.3 Å². The monoisotopic (exact) mass is 570 g/mol. The van der Waals surface area contributed by atoms with Gasteiger partial charge in [-0.05, 0) is 52.0 Å². The summed E-state index contributed by atoms with van der Waals surface area (Å²) in [5.41, 5.74) is 0.607.